The van der Waals surface area contributed by atoms with Crippen molar-refractivity contribution < 1.29 is 14.3 Å². The molecule has 0 spiro atoms. The van der Waals surface area contributed by atoms with Gasteiger partial charge in [0.25, 0.3) is 5.91 Å². The first-order valence-corrected chi connectivity index (χ1v) is 9.90. The van der Waals surface area contributed by atoms with Crippen LogP contribution in [0.1, 0.15) is 30.5 Å². The summed E-state index contributed by atoms with van der Waals surface area (Å²) in [4.78, 5) is 32.7. The van der Waals surface area contributed by atoms with Gasteiger partial charge in [-0.25, -0.2) is 0 Å². The van der Waals surface area contributed by atoms with Gasteiger partial charge in [0.1, 0.15) is 0 Å². The summed E-state index contributed by atoms with van der Waals surface area (Å²) in [6.07, 6.45) is 3.27. The Morgan fingerprint density at radius 3 is 2.77 bits per heavy atom. The molecule has 0 bridgehead atoms. The lowest BCUT2D eigenvalue weighted by Gasteiger charge is -2.15. The molecule has 10 heteroatoms. The lowest BCUT2D eigenvalue weighted by atomic mass is 10.1. The van der Waals surface area contributed by atoms with Gasteiger partial charge in [-0.05, 0) is 18.6 Å². The smallest absolute Gasteiger partial charge is 0.254 e. The Bertz CT molecular complexity index is 1140. The first-order chi connectivity index (χ1) is 15.0. The number of benzene rings is 1. The molecule has 4 rings (SSSR count). The van der Waals surface area contributed by atoms with Crippen LogP contribution in [0.4, 0.5) is 11.9 Å². The van der Waals surface area contributed by atoms with E-state index in [1.807, 2.05) is 37.3 Å². The van der Waals surface area contributed by atoms with Crippen molar-refractivity contribution in [1.82, 2.24) is 24.9 Å². The van der Waals surface area contributed by atoms with Crippen molar-refractivity contribution in [1.29, 1.82) is 0 Å². The second-order valence-corrected chi connectivity index (χ2v) is 7.13. The molecule has 1 aliphatic rings. The summed E-state index contributed by atoms with van der Waals surface area (Å²) in [5.41, 5.74) is 2.60. The molecule has 160 valence electrons. The quantitative estimate of drug-likeness (QED) is 0.286. The van der Waals surface area contributed by atoms with Crippen LogP contribution in [0.25, 0.3) is 11.7 Å². The fraction of sp³-hybridized carbons (Fsp3) is 0.286. The molecule has 3 N–H and O–H groups in total. The third-order valence-corrected chi connectivity index (χ3v) is 4.86. The molecular weight excluding hydrogens is 398 g/mol. The first-order valence-electron chi connectivity index (χ1n) is 9.90. The SMILES string of the molecule is COCCNc1nc(NC(C)c2ccccc2)nc2c(/C=C3\CC(=O)NC3=O)cnn12. The summed E-state index contributed by atoms with van der Waals surface area (Å²) in [5, 5.41) is 13.2. The second-order valence-electron chi connectivity index (χ2n) is 7.13. The van der Waals surface area contributed by atoms with Gasteiger partial charge in [-0.3, -0.25) is 14.9 Å². The minimum absolute atomic E-state index is 0.0292. The van der Waals surface area contributed by atoms with Gasteiger partial charge in [-0.1, -0.05) is 30.3 Å². The second kappa shape index (κ2) is 8.92. The van der Waals surface area contributed by atoms with Crippen molar-refractivity contribution in [3.8, 4) is 0 Å². The van der Waals surface area contributed by atoms with E-state index in [0.29, 0.717) is 41.8 Å². The van der Waals surface area contributed by atoms with E-state index in [1.54, 1.807) is 23.9 Å². The molecule has 1 saturated heterocycles. The maximum absolute atomic E-state index is 12.0. The Kier molecular flexibility index (Phi) is 5.89. The lowest BCUT2D eigenvalue weighted by molar-refractivity contribution is -0.124. The highest BCUT2D eigenvalue weighted by Gasteiger charge is 2.24. The van der Waals surface area contributed by atoms with Gasteiger partial charge in [-0.2, -0.15) is 19.6 Å². The van der Waals surface area contributed by atoms with E-state index >= 15 is 0 Å². The van der Waals surface area contributed by atoms with Gasteiger partial charge < -0.3 is 15.4 Å². The van der Waals surface area contributed by atoms with Crippen molar-refractivity contribution in [2.45, 2.75) is 19.4 Å². The summed E-state index contributed by atoms with van der Waals surface area (Å²) >= 11 is 0. The molecule has 10 nitrogen and oxygen atoms in total. The number of hydrogen-bond acceptors (Lipinski definition) is 8. The predicted molar refractivity (Wildman–Crippen MR) is 115 cm³/mol. The van der Waals surface area contributed by atoms with E-state index in [-0.39, 0.29) is 18.4 Å². The molecule has 1 unspecified atom stereocenters. The molecule has 1 atom stereocenters. The van der Waals surface area contributed by atoms with Crippen LogP contribution in [0.3, 0.4) is 0 Å². The molecule has 3 aromatic rings. The fourth-order valence-electron chi connectivity index (χ4n) is 3.27. The van der Waals surface area contributed by atoms with Crippen LogP contribution in [0.2, 0.25) is 0 Å². The highest BCUT2D eigenvalue weighted by atomic mass is 16.5. The Morgan fingerprint density at radius 1 is 1.26 bits per heavy atom. The maximum atomic E-state index is 12.0. The van der Waals surface area contributed by atoms with Crippen LogP contribution in [0.15, 0.2) is 42.1 Å². The van der Waals surface area contributed by atoms with Crippen molar-refractivity contribution in [3.05, 3.63) is 53.2 Å². The zero-order valence-electron chi connectivity index (χ0n) is 17.3. The number of methoxy groups -OCH3 is 1. The standard InChI is InChI=1S/C21H23N7O3/c1-13(14-6-4-3-5-7-14)24-20-26-18-16(10-15-11-17(29)25-19(15)30)12-23-28(18)21(27-20)22-8-9-31-2/h3-7,10,12-13H,8-9,11H2,1-2H3,(H,25,29,30)(H2,22,24,26,27)/b15-10+. The topological polar surface area (TPSA) is 123 Å². The third-order valence-electron chi connectivity index (χ3n) is 4.86. The number of fused-ring (bicyclic) bond motifs is 1. The van der Waals surface area contributed by atoms with Crippen molar-refractivity contribution in [3.63, 3.8) is 0 Å². The number of nitrogens with zero attached hydrogens (tertiary/aromatic N) is 4. The van der Waals surface area contributed by atoms with Gasteiger partial charge in [0.15, 0.2) is 5.65 Å². The van der Waals surface area contributed by atoms with E-state index in [2.05, 4.69) is 31.0 Å². The van der Waals surface area contributed by atoms with E-state index in [1.165, 1.54) is 0 Å². The molecule has 2 aromatic heterocycles. The van der Waals surface area contributed by atoms with Crippen molar-refractivity contribution in [2.75, 3.05) is 30.9 Å². The van der Waals surface area contributed by atoms with Crippen LogP contribution < -0.4 is 16.0 Å². The number of carbonyl (C=O) groups is 2. The highest BCUT2D eigenvalue weighted by Crippen LogP contribution is 2.22. The minimum Gasteiger partial charge on any atom is -0.383 e. The van der Waals surface area contributed by atoms with E-state index in [0.717, 1.165) is 5.56 Å². The number of hydrogen-bond donors (Lipinski definition) is 3. The van der Waals surface area contributed by atoms with Crippen molar-refractivity contribution >= 4 is 35.4 Å². The van der Waals surface area contributed by atoms with Gasteiger partial charge in [-0.15, -0.1) is 0 Å². The summed E-state index contributed by atoms with van der Waals surface area (Å²) in [6, 6.07) is 9.94. The predicted octanol–water partition coefficient (Wildman–Crippen LogP) is 1.79. The molecule has 31 heavy (non-hydrogen) atoms. The number of nitrogens with one attached hydrogen (secondary N) is 3. The Hall–Kier alpha value is -3.79. The highest BCUT2D eigenvalue weighted by molar-refractivity contribution is 6.15. The number of ether oxygens (including phenoxy) is 1. The van der Waals surface area contributed by atoms with Gasteiger partial charge in [0.05, 0.1) is 25.3 Å². The number of aromatic nitrogens is 4. The van der Waals surface area contributed by atoms with Crippen LogP contribution in [0, 0.1) is 0 Å². The van der Waals surface area contributed by atoms with Gasteiger partial charge in [0, 0.05) is 24.8 Å². The lowest BCUT2D eigenvalue weighted by Crippen LogP contribution is -2.19. The Morgan fingerprint density at radius 2 is 2.06 bits per heavy atom. The number of amides is 2. The Balaban J connectivity index is 1.71. The Labute approximate surface area is 178 Å². The molecule has 3 heterocycles. The average molecular weight is 421 g/mol. The summed E-state index contributed by atoms with van der Waals surface area (Å²) < 4.78 is 6.67. The van der Waals surface area contributed by atoms with Crippen LogP contribution >= 0.6 is 0 Å². The van der Waals surface area contributed by atoms with Gasteiger partial charge >= 0.3 is 0 Å². The van der Waals surface area contributed by atoms with E-state index in [9.17, 15) is 9.59 Å². The molecular formula is C21H23N7O3. The number of anilines is 2. The maximum Gasteiger partial charge on any atom is 0.254 e. The van der Waals surface area contributed by atoms with E-state index in [4.69, 9.17) is 4.74 Å². The normalized spacial score (nSPS) is 16.0. The average Bonchev–Trinajstić information content (AvgIpc) is 3.31. The zero-order valence-corrected chi connectivity index (χ0v) is 17.3. The number of imide groups is 1. The summed E-state index contributed by atoms with van der Waals surface area (Å²) in [6.45, 7) is 3.05. The molecule has 1 fully saturated rings. The molecule has 0 aliphatic carbocycles. The third kappa shape index (κ3) is 4.53. The fourth-order valence-corrected chi connectivity index (χ4v) is 3.27. The minimum atomic E-state index is -0.395. The van der Waals surface area contributed by atoms with Crippen LogP contribution in [0.5, 0.6) is 0 Å². The molecule has 0 radical (unpaired) electrons. The van der Waals surface area contributed by atoms with Crippen LogP contribution in [-0.4, -0.2) is 51.7 Å². The summed E-state index contributed by atoms with van der Waals surface area (Å²) in [7, 11) is 1.62. The summed E-state index contributed by atoms with van der Waals surface area (Å²) in [5.74, 6) is 0.188. The monoisotopic (exact) mass is 421 g/mol. The molecule has 1 aliphatic heterocycles. The number of rotatable bonds is 8. The molecule has 0 saturated carbocycles. The van der Waals surface area contributed by atoms with Crippen LogP contribution in [-0.2, 0) is 14.3 Å². The molecule has 1 aromatic carbocycles. The van der Waals surface area contributed by atoms with Gasteiger partial charge in [0.2, 0.25) is 17.8 Å². The largest absolute Gasteiger partial charge is 0.383 e. The first kappa shape index (κ1) is 20.5. The van der Waals surface area contributed by atoms with Crippen molar-refractivity contribution in [2.24, 2.45) is 0 Å². The molecule has 2 amide bonds. The zero-order chi connectivity index (χ0) is 21.8. The van der Waals surface area contributed by atoms with E-state index < -0.39 is 5.91 Å². The number of carbonyl (C=O) groups excluding carboxylic acids is 2.